The number of morpholine rings is 1. The Morgan fingerprint density at radius 1 is 1.35 bits per heavy atom. The maximum atomic E-state index is 13.5. The molecule has 1 saturated heterocycles. The van der Waals surface area contributed by atoms with E-state index in [-0.39, 0.29) is 24.1 Å². The van der Waals surface area contributed by atoms with E-state index in [9.17, 15) is 4.39 Å². The lowest BCUT2D eigenvalue weighted by molar-refractivity contribution is -0.00526. The van der Waals surface area contributed by atoms with E-state index in [0.29, 0.717) is 6.42 Å². The van der Waals surface area contributed by atoms with E-state index in [1.54, 1.807) is 6.07 Å². The van der Waals surface area contributed by atoms with Crippen molar-refractivity contribution in [2.45, 2.75) is 51.9 Å². The van der Waals surface area contributed by atoms with Crippen LogP contribution in [0, 0.1) is 5.82 Å². The summed E-state index contributed by atoms with van der Waals surface area (Å²) in [4.78, 5) is 2.29. The zero-order valence-corrected chi connectivity index (χ0v) is 12.6. The molecule has 3 nitrogen and oxygen atoms in total. The van der Waals surface area contributed by atoms with Gasteiger partial charge in [0.15, 0.2) is 0 Å². The first-order chi connectivity index (χ1) is 9.49. The van der Waals surface area contributed by atoms with Crippen molar-refractivity contribution in [3.8, 4) is 0 Å². The van der Waals surface area contributed by atoms with E-state index in [4.69, 9.17) is 10.5 Å². The van der Waals surface area contributed by atoms with Crippen LogP contribution in [-0.4, -0.2) is 31.3 Å². The molecule has 1 aromatic rings. The lowest BCUT2D eigenvalue weighted by Gasteiger charge is -2.38. The molecule has 20 heavy (non-hydrogen) atoms. The lowest BCUT2D eigenvalue weighted by atomic mass is 10.0. The molecule has 0 bridgehead atoms. The summed E-state index contributed by atoms with van der Waals surface area (Å²) in [7, 11) is 0. The van der Waals surface area contributed by atoms with Crippen molar-refractivity contribution in [3.05, 3.63) is 29.6 Å². The van der Waals surface area contributed by atoms with E-state index >= 15 is 0 Å². The van der Waals surface area contributed by atoms with Gasteiger partial charge in [0, 0.05) is 24.8 Å². The fourth-order valence-electron chi connectivity index (χ4n) is 2.83. The standard InChI is InChI=1S/C16H25FN2O/c1-4-15(18)8-13-7-14(17)5-6-16(13)19-9-11(2)20-12(3)10-19/h5-7,11-12,15H,4,8-10,18H2,1-3H3. The Balaban J connectivity index is 2.25. The molecular weight excluding hydrogens is 255 g/mol. The van der Waals surface area contributed by atoms with Crippen molar-refractivity contribution in [2.24, 2.45) is 5.73 Å². The molecule has 1 fully saturated rings. The van der Waals surface area contributed by atoms with Gasteiger partial charge in [-0.1, -0.05) is 6.92 Å². The van der Waals surface area contributed by atoms with Crippen LogP contribution in [0.5, 0.6) is 0 Å². The average Bonchev–Trinajstić information content (AvgIpc) is 2.37. The van der Waals surface area contributed by atoms with Gasteiger partial charge in [-0.3, -0.25) is 0 Å². The molecule has 1 aliphatic rings. The number of nitrogens with zero attached hydrogens (tertiary/aromatic N) is 1. The molecule has 2 N–H and O–H groups in total. The van der Waals surface area contributed by atoms with E-state index in [1.165, 1.54) is 6.07 Å². The van der Waals surface area contributed by atoms with Crippen molar-refractivity contribution in [2.75, 3.05) is 18.0 Å². The molecule has 0 aliphatic carbocycles. The van der Waals surface area contributed by atoms with Gasteiger partial charge in [-0.15, -0.1) is 0 Å². The Morgan fingerprint density at radius 3 is 2.60 bits per heavy atom. The molecule has 0 spiro atoms. The zero-order valence-electron chi connectivity index (χ0n) is 12.6. The minimum Gasteiger partial charge on any atom is -0.372 e. The second-order valence-corrected chi connectivity index (χ2v) is 5.81. The molecule has 3 unspecified atom stereocenters. The van der Waals surface area contributed by atoms with Gasteiger partial charge in [-0.2, -0.15) is 0 Å². The van der Waals surface area contributed by atoms with Crippen LogP contribution in [0.1, 0.15) is 32.8 Å². The van der Waals surface area contributed by atoms with Crippen LogP contribution in [0.2, 0.25) is 0 Å². The van der Waals surface area contributed by atoms with Crippen LogP contribution in [-0.2, 0) is 11.2 Å². The molecule has 0 aromatic heterocycles. The van der Waals surface area contributed by atoms with E-state index in [1.807, 2.05) is 6.07 Å². The molecular formula is C16H25FN2O. The van der Waals surface area contributed by atoms with Gasteiger partial charge in [0.2, 0.25) is 0 Å². The molecule has 0 radical (unpaired) electrons. The molecule has 1 aliphatic heterocycles. The van der Waals surface area contributed by atoms with E-state index < -0.39 is 0 Å². The molecule has 0 saturated carbocycles. The highest BCUT2D eigenvalue weighted by molar-refractivity contribution is 5.54. The predicted octanol–water partition coefficient (Wildman–Crippen LogP) is 2.72. The summed E-state index contributed by atoms with van der Waals surface area (Å²) in [5.74, 6) is -0.193. The van der Waals surface area contributed by atoms with Crippen molar-refractivity contribution in [1.29, 1.82) is 0 Å². The van der Waals surface area contributed by atoms with Gasteiger partial charge in [0.05, 0.1) is 12.2 Å². The maximum Gasteiger partial charge on any atom is 0.123 e. The summed E-state index contributed by atoms with van der Waals surface area (Å²) in [6, 6.07) is 5.10. The van der Waals surface area contributed by atoms with Crippen LogP contribution in [0.25, 0.3) is 0 Å². The monoisotopic (exact) mass is 280 g/mol. The number of hydrogen-bond acceptors (Lipinski definition) is 3. The Labute approximate surface area is 120 Å². The highest BCUT2D eigenvalue weighted by atomic mass is 19.1. The Kier molecular flexibility index (Phi) is 5.00. The first kappa shape index (κ1) is 15.3. The fraction of sp³-hybridized carbons (Fsp3) is 0.625. The van der Waals surface area contributed by atoms with Gasteiger partial charge in [0.1, 0.15) is 5.82 Å². The largest absolute Gasteiger partial charge is 0.372 e. The van der Waals surface area contributed by atoms with Gasteiger partial charge < -0.3 is 15.4 Å². The second kappa shape index (κ2) is 6.55. The number of nitrogens with two attached hydrogens (primary N) is 1. The normalized spacial score (nSPS) is 24.8. The molecule has 1 aromatic carbocycles. The Hall–Kier alpha value is -1.13. The molecule has 1 heterocycles. The van der Waals surface area contributed by atoms with Gasteiger partial charge in [-0.05, 0) is 50.5 Å². The number of benzene rings is 1. The summed E-state index contributed by atoms with van der Waals surface area (Å²) >= 11 is 0. The molecule has 112 valence electrons. The lowest BCUT2D eigenvalue weighted by Crippen LogP contribution is -2.46. The van der Waals surface area contributed by atoms with Crippen LogP contribution in [0.4, 0.5) is 10.1 Å². The third kappa shape index (κ3) is 3.70. The number of anilines is 1. The number of halogens is 1. The minimum atomic E-state index is -0.193. The summed E-state index contributed by atoms with van der Waals surface area (Å²) in [5.41, 5.74) is 8.14. The zero-order chi connectivity index (χ0) is 14.7. The van der Waals surface area contributed by atoms with Crippen LogP contribution in [0.15, 0.2) is 18.2 Å². The third-order valence-electron chi connectivity index (χ3n) is 3.81. The predicted molar refractivity (Wildman–Crippen MR) is 80.6 cm³/mol. The van der Waals surface area contributed by atoms with Crippen molar-refractivity contribution in [1.82, 2.24) is 0 Å². The van der Waals surface area contributed by atoms with Crippen LogP contribution in [0.3, 0.4) is 0 Å². The van der Waals surface area contributed by atoms with Crippen molar-refractivity contribution >= 4 is 5.69 Å². The average molecular weight is 280 g/mol. The molecule has 2 rings (SSSR count). The molecule has 0 amide bonds. The Bertz CT molecular complexity index is 442. The molecule has 4 heteroatoms. The van der Waals surface area contributed by atoms with Crippen molar-refractivity contribution in [3.63, 3.8) is 0 Å². The molecule has 3 atom stereocenters. The van der Waals surface area contributed by atoms with Gasteiger partial charge in [0.25, 0.3) is 0 Å². The maximum absolute atomic E-state index is 13.5. The minimum absolute atomic E-state index is 0.0754. The highest BCUT2D eigenvalue weighted by Crippen LogP contribution is 2.26. The fourth-order valence-corrected chi connectivity index (χ4v) is 2.83. The van der Waals surface area contributed by atoms with Crippen molar-refractivity contribution < 1.29 is 9.13 Å². The van der Waals surface area contributed by atoms with Crippen LogP contribution >= 0.6 is 0 Å². The first-order valence-corrected chi connectivity index (χ1v) is 7.44. The van der Waals surface area contributed by atoms with E-state index in [2.05, 4.69) is 25.7 Å². The number of hydrogen-bond donors (Lipinski definition) is 1. The smallest absolute Gasteiger partial charge is 0.123 e. The van der Waals surface area contributed by atoms with E-state index in [0.717, 1.165) is 30.8 Å². The highest BCUT2D eigenvalue weighted by Gasteiger charge is 2.24. The third-order valence-corrected chi connectivity index (χ3v) is 3.81. The Morgan fingerprint density at radius 2 is 2.00 bits per heavy atom. The summed E-state index contributed by atoms with van der Waals surface area (Å²) in [5, 5.41) is 0. The topological polar surface area (TPSA) is 38.5 Å². The first-order valence-electron chi connectivity index (χ1n) is 7.44. The summed E-state index contributed by atoms with van der Waals surface area (Å²) < 4.78 is 19.3. The number of rotatable bonds is 4. The second-order valence-electron chi connectivity index (χ2n) is 5.81. The SMILES string of the molecule is CCC(N)Cc1cc(F)ccc1N1CC(C)OC(C)C1. The quantitative estimate of drug-likeness (QED) is 0.921. The summed E-state index contributed by atoms with van der Waals surface area (Å²) in [6.07, 6.45) is 1.99. The number of ether oxygens (including phenoxy) is 1. The van der Waals surface area contributed by atoms with Gasteiger partial charge in [-0.25, -0.2) is 4.39 Å². The van der Waals surface area contributed by atoms with Crippen LogP contribution < -0.4 is 10.6 Å². The summed E-state index contributed by atoms with van der Waals surface area (Å²) in [6.45, 7) is 7.88. The van der Waals surface area contributed by atoms with Gasteiger partial charge >= 0.3 is 0 Å².